The molecule has 2 aromatic carbocycles. The lowest BCUT2D eigenvalue weighted by atomic mass is 10.1. The maximum Gasteiger partial charge on any atom is 0.265 e. The fraction of sp³-hybridized carbons (Fsp3) is 0.0526. The van der Waals surface area contributed by atoms with Gasteiger partial charge < -0.3 is 4.42 Å². The fourth-order valence-corrected chi connectivity index (χ4v) is 3.07. The summed E-state index contributed by atoms with van der Waals surface area (Å²) >= 11 is 3.34. The lowest BCUT2D eigenvalue weighted by molar-refractivity contribution is 0.151. The van der Waals surface area contributed by atoms with Crippen LogP contribution in [0.15, 0.2) is 63.8 Å². The van der Waals surface area contributed by atoms with Gasteiger partial charge in [-0.05, 0) is 52.3 Å². The predicted molar refractivity (Wildman–Crippen MR) is 95.3 cm³/mol. The Morgan fingerprint density at radius 2 is 1.69 bits per heavy atom. The molecule has 0 saturated carbocycles. The Bertz CT molecular complexity index is 1090. The van der Waals surface area contributed by atoms with E-state index in [9.17, 15) is 13.2 Å². The van der Waals surface area contributed by atoms with Crippen LogP contribution in [0.1, 0.15) is 12.0 Å². The normalized spacial score (nSPS) is 11.4. The molecule has 0 bridgehead atoms. The Balaban J connectivity index is 1.75. The summed E-state index contributed by atoms with van der Waals surface area (Å²) in [5.41, 5.74) is 2.36. The van der Waals surface area contributed by atoms with E-state index in [0.717, 1.165) is 5.56 Å². The van der Waals surface area contributed by atoms with E-state index in [-0.39, 0.29) is 11.4 Å². The molecule has 7 heteroatoms. The Labute approximate surface area is 154 Å². The second-order valence-electron chi connectivity index (χ2n) is 5.63. The molecule has 0 amide bonds. The highest BCUT2D eigenvalue weighted by molar-refractivity contribution is 9.10. The molecule has 0 aliphatic rings. The maximum atomic E-state index is 13.1. The van der Waals surface area contributed by atoms with Crippen LogP contribution in [-0.2, 0) is 0 Å². The van der Waals surface area contributed by atoms with Crippen molar-refractivity contribution in [1.82, 2.24) is 9.97 Å². The van der Waals surface area contributed by atoms with Gasteiger partial charge in [0, 0.05) is 28.3 Å². The lowest BCUT2D eigenvalue weighted by Crippen LogP contribution is -1.88. The summed E-state index contributed by atoms with van der Waals surface area (Å²) in [6.45, 7) is 0. The number of hydrogen-bond donors (Lipinski definition) is 0. The number of aromatic nitrogens is 2. The molecular weight excluding hydrogens is 409 g/mol. The zero-order chi connectivity index (χ0) is 18.3. The Morgan fingerprint density at radius 1 is 0.962 bits per heavy atom. The molecule has 26 heavy (non-hydrogen) atoms. The second kappa shape index (κ2) is 6.57. The molecule has 130 valence electrons. The molecule has 0 atom stereocenters. The second-order valence-corrected chi connectivity index (χ2v) is 6.35. The first-order valence-corrected chi connectivity index (χ1v) is 8.41. The molecule has 0 aliphatic carbocycles. The van der Waals surface area contributed by atoms with E-state index in [2.05, 4.69) is 25.9 Å². The number of hydrogen-bond acceptors (Lipinski definition) is 3. The molecule has 0 saturated heterocycles. The standard InChI is InChI=1S/C19H10BrF3N2O/c20-17-16(25-19(26-17)10-3-5-14(21)6-4-10)12-2-1-11-7-13(18(22)23)9-24-15(11)8-12/h1-9,18H. The third-order valence-electron chi connectivity index (χ3n) is 3.91. The van der Waals surface area contributed by atoms with Gasteiger partial charge in [-0.2, -0.15) is 0 Å². The Kier molecular flexibility index (Phi) is 4.24. The van der Waals surface area contributed by atoms with E-state index in [1.165, 1.54) is 24.4 Å². The molecule has 2 aromatic heterocycles. The number of halogens is 4. The number of pyridine rings is 1. The minimum Gasteiger partial charge on any atom is -0.429 e. The zero-order valence-corrected chi connectivity index (χ0v) is 14.7. The molecule has 4 aromatic rings. The quantitative estimate of drug-likeness (QED) is 0.386. The van der Waals surface area contributed by atoms with E-state index in [1.807, 2.05) is 0 Å². The third kappa shape index (κ3) is 3.10. The van der Waals surface area contributed by atoms with E-state index < -0.39 is 6.43 Å². The van der Waals surface area contributed by atoms with Crippen LogP contribution < -0.4 is 0 Å². The fourth-order valence-electron chi connectivity index (χ4n) is 2.60. The number of oxazole rings is 1. The minimum absolute atomic E-state index is 0.119. The maximum absolute atomic E-state index is 13.1. The molecule has 0 aliphatic heterocycles. The summed E-state index contributed by atoms with van der Waals surface area (Å²) in [4.78, 5) is 8.55. The number of nitrogens with zero attached hydrogens (tertiary/aromatic N) is 2. The lowest BCUT2D eigenvalue weighted by Gasteiger charge is -2.04. The summed E-state index contributed by atoms with van der Waals surface area (Å²) < 4.78 is 44.7. The van der Waals surface area contributed by atoms with Gasteiger partial charge in [0.2, 0.25) is 5.89 Å². The highest BCUT2D eigenvalue weighted by Crippen LogP contribution is 2.34. The summed E-state index contributed by atoms with van der Waals surface area (Å²) in [5, 5.41) is 0.616. The Hall–Kier alpha value is -2.67. The van der Waals surface area contributed by atoms with Crippen molar-refractivity contribution in [3.8, 4) is 22.7 Å². The van der Waals surface area contributed by atoms with Crippen molar-refractivity contribution in [3.63, 3.8) is 0 Å². The van der Waals surface area contributed by atoms with Gasteiger partial charge in [-0.15, -0.1) is 0 Å². The van der Waals surface area contributed by atoms with Gasteiger partial charge in [0.15, 0.2) is 4.67 Å². The van der Waals surface area contributed by atoms with Gasteiger partial charge >= 0.3 is 0 Å². The van der Waals surface area contributed by atoms with Crippen LogP contribution in [0.3, 0.4) is 0 Å². The van der Waals surface area contributed by atoms with Gasteiger partial charge in [0.25, 0.3) is 6.43 Å². The van der Waals surface area contributed by atoms with E-state index in [4.69, 9.17) is 4.42 Å². The monoisotopic (exact) mass is 418 g/mol. The van der Waals surface area contributed by atoms with Crippen molar-refractivity contribution in [3.05, 3.63) is 70.8 Å². The highest BCUT2D eigenvalue weighted by Gasteiger charge is 2.16. The molecule has 0 N–H and O–H groups in total. The molecule has 0 radical (unpaired) electrons. The first-order chi connectivity index (χ1) is 12.5. The number of benzene rings is 2. The van der Waals surface area contributed by atoms with Crippen LogP contribution in [0, 0.1) is 5.82 Å². The molecule has 0 unspecified atom stereocenters. The molecule has 3 nitrogen and oxygen atoms in total. The van der Waals surface area contributed by atoms with E-state index in [0.29, 0.717) is 32.7 Å². The van der Waals surface area contributed by atoms with Crippen molar-refractivity contribution < 1.29 is 17.6 Å². The summed E-state index contributed by atoms with van der Waals surface area (Å²) in [6.07, 6.45) is -1.40. The SMILES string of the molecule is Fc1ccc(-c2nc(-c3ccc4cc(C(F)F)cnc4c3)c(Br)o2)cc1. The van der Waals surface area contributed by atoms with Gasteiger partial charge in [-0.1, -0.05) is 12.1 Å². The zero-order valence-electron chi connectivity index (χ0n) is 13.1. The molecule has 4 rings (SSSR count). The van der Waals surface area contributed by atoms with Gasteiger partial charge in [0.05, 0.1) is 5.52 Å². The van der Waals surface area contributed by atoms with E-state index >= 15 is 0 Å². The highest BCUT2D eigenvalue weighted by atomic mass is 79.9. The molecule has 0 fully saturated rings. The van der Waals surface area contributed by atoms with Crippen LogP contribution in [0.5, 0.6) is 0 Å². The van der Waals surface area contributed by atoms with Crippen molar-refractivity contribution in [2.45, 2.75) is 6.43 Å². The number of rotatable bonds is 3. The molecular formula is C19H10BrF3N2O. The van der Waals surface area contributed by atoms with Crippen molar-refractivity contribution in [1.29, 1.82) is 0 Å². The third-order valence-corrected chi connectivity index (χ3v) is 4.45. The average Bonchev–Trinajstić information content (AvgIpc) is 3.03. The first-order valence-electron chi connectivity index (χ1n) is 7.62. The van der Waals surface area contributed by atoms with E-state index in [1.54, 1.807) is 30.3 Å². The number of fused-ring (bicyclic) bond motifs is 1. The Morgan fingerprint density at radius 3 is 2.42 bits per heavy atom. The van der Waals surface area contributed by atoms with Crippen LogP contribution in [0.25, 0.3) is 33.6 Å². The topological polar surface area (TPSA) is 38.9 Å². The summed E-state index contributed by atoms with van der Waals surface area (Å²) in [5.74, 6) is -0.00338. The first kappa shape index (κ1) is 16.8. The molecule has 2 heterocycles. The van der Waals surface area contributed by atoms with Gasteiger partial charge in [0.1, 0.15) is 11.5 Å². The largest absolute Gasteiger partial charge is 0.429 e. The van der Waals surface area contributed by atoms with Gasteiger partial charge in [-0.25, -0.2) is 18.2 Å². The smallest absolute Gasteiger partial charge is 0.265 e. The number of alkyl halides is 2. The summed E-state index contributed by atoms with van der Waals surface area (Å²) in [6, 6.07) is 12.4. The van der Waals surface area contributed by atoms with Crippen molar-refractivity contribution in [2.24, 2.45) is 0 Å². The van der Waals surface area contributed by atoms with Crippen molar-refractivity contribution in [2.75, 3.05) is 0 Å². The minimum atomic E-state index is -2.56. The summed E-state index contributed by atoms with van der Waals surface area (Å²) in [7, 11) is 0. The van der Waals surface area contributed by atoms with Crippen LogP contribution in [0.4, 0.5) is 13.2 Å². The van der Waals surface area contributed by atoms with Crippen LogP contribution in [-0.4, -0.2) is 9.97 Å². The predicted octanol–water partition coefficient (Wildman–Crippen LogP) is 6.40. The van der Waals surface area contributed by atoms with Crippen LogP contribution in [0.2, 0.25) is 0 Å². The average molecular weight is 419 g/mol. The van der Waals surface area contributed by atoms with Crippen LogP contribution >= 0.6 is 15.9 Å². The molecule has 0 spiro atoms. The van der Waals surface area contributed by atoms with Crippen molar-refractivity contribution >= 4 is 26.8 Å². The van der Waals surface area contributed by atoms with Gasteiger partial charge in [-0.3, -0.25) is 4.98 Å².